The molecule has 0 aliphatic rings. The molecule has 0 saturated heterocycles. The van der Waals surface area contributed by atoms with Crippen molar-refractivity contribution in [2.45, 2.75) is 0 Å². The van der Waals surface area contributed by atoms with E-state index in [9.17, 15) is 0 Å². The molecular weight excluding hydrogens is 631 g/mol. The number of furan rings is 1. The van der Waals surface area contributed by atoms with Gasteiger partial charge in [-0.05, 0) is 53.1 Å². The van der Waals surface area contributed by atoms with Gasteiger partial charge in [0.2, 0.25) is 0 Å². The molecule has 0 radical (unpaired) electrons. The first-order chi connectivity index (χ1) is 28.9. The van der Waals surface area contributed by atoms with Crippen LogP contribution in [-0.4, -0.2) is 15.0 Å². The number of benzene rings is 7. The second-order valence-corrected chi connectivity index (χ2v) is 12.7. The fraction of sp³-hybridized carbons (Fsp3) is 0. The maximum Gasteiger partial charge on any atom is 0.164 e. The van der Waals surface area contributed by atoms with Gasteiger partial charge in [0.1, 0.15) is 11.2 Å². The van der Waals surface area contributed by atoms with E-state index in [2.05, 4.69) is 0 Å². The lowest BCUT2D eigenvalue weighted by Crippen LogP contribution is -2.00. The molecule has 0 spiro atoms. The van der Waals surface area contributed by atoms with Gasteiger partial charge in [0.25, 0.3) is 0 Å². The van der Waals surface area contributed by atoms with E-state index in [1.807, 2.05) is 91.0 Å². The Morgan fingerprint density at radius 1 is 0.440 bits per heavy atom. The van der Waals surface area contributed by atoms with Crippen LogP contribution in [0.25, 0.3) is 98.5 Å². The first-order valence-corrected chi connectivity index (χ1v) is 16.6. The number of para-hydroxylation sites is 1. The molecule has 10 aromatic rings. The van der Waals surface area contributed by atoms with Crippen molar-refractivity contribution in [3.63, 3.8) is 0 Å². The minimum absolute atomic E-state index is 0.0666. The SMILES string of the molecule is [2H]c1c([2H])c([2H])c(-c2cc(-c3c([2H])c([2H])c([2H])c([2H])c3[2H])c3sc4cc(-c5nc(-c6ccccc6)nc(-c6ccc7c(c6)oc6ccccc67)n5)ccc4c3c2)c([2H])c1[2H]. The van der Waals surface area contributed by atoms with Crippen molar-refractivity contribution in [1.82, 2.24) is 15.0 Å². The molecule has 10 rings (SSSR count). The predicted molar refractivity (Wildman–Crippen MR) is 207 cm³/mol. The van der Waals surface area contributed by atoms with Gasteiger partial charge in [-0.1, -0.05) is 127 Å². The number of hydrogen-bond donors (Lipinski definition) is 0. The highest BCUT2D eigenvalue weighted by molar-refractivity contribution is 7.26. The molecule has 0 fully saturated rings. The Labute approximate surface area is 306 Å². The van der Waals surface area contributed by atoms with Crippen LogP contribution in [0.3, 0.4) is 0 Å². The summed E-state index contributed by atoms with van der Waals surface area (Å²) in [5.41, 5.74) is 4.02. The van der Waals surface area contributed by atoms with Crippen LogP contribution in [0.5, 0.6) is 0 Å². The lowest BCUT2D eigenvalue weighted by Gasteiger charge is -2.09. The molecule has 0 aliphatic heterocycles. The number of aromatic nitrogens is 3. The molecule has 0 amide bonds. The maximum atomic E-state index is 8.88. The molecule has 0 atom stereocenters. The van der Waals surface area contributed by atoms with Crippen molar-refractivity contribution in [3.8, 4) is 56.4 Å². The zero-order valence-electron chi connectivity index (χ0n) is 36.0. The Balaban J connectivity index is 1.21. The Kier molecular flexibility index (Phi) is 4.69. The normalized spacial score (nSPS) is 14.4. The van der Waals surface area contributed by atoms with Gasteiger partial charge in [0.05, 0.1) is 13.7 Å². The Morgan fingerprint density at radius 2 is 1.06 bits per heavy atom. The average Bonchev–Trinajstić information content (AvgIpc) is 3.84. The summed E-state index contributed by atoms with van der Waals surface area (Å²) in [7, 11) is 0. The van der Waals surface area contributed by atoms with Crippen LogP contribution in [-0.2, 0) is 0 Å². The van der Waals surface area contributed by atoms with Crippen molar-refractivity contribution in [3.05, 3.63) is 164 Å². The first kappa shape index (κ1) is 20.2. The molecule has 4 nitrogen and oxygen atoms in total. The number of fused-ring (bicyclic) bond motifs is 6. The highest BCUT2D eigenvalue weighted by Gasteiger charge is 2.18. The molecule has 3 aromatic heterocycles. The van der Waals surface area contributed by atoms with Gasteiger partial charge in [-0.25, -0.2) is 15.0 Å². The second-order valence-electron chi connectivity index (χ2n) is 11.7. The number of hydrogen-bond acceptors (Lipinski definition) is 5. The Bertz CT molecular complexity index is 3400. The number of rotatable bonds is 5. The van der Waals surface area contributed by atoms with Crippen LogP contribution in [0.1, 0.15) is 13.7 Å². The third-order valence-corrected chi connectivity index (χ3v) is 9.89. The van der Waals surface area contributed by atoms with Crippen LogP contribution in [0.15, 0.2) is 168 Å². The van der Waals surface area contributed by atoms with Crippen molar-refractivity contribution < 1.29 is 18.1 Å². The van der Waals surface area contributed by atoms with E-state index >= 15 is 0 Å². The molecule has 50 heavy (non-hydrogen) atoms. The van der Waals surface area contributed by atoms with Crippen LogP contribution in [0, 0.1) is 0 Å². The van der Waals surface area contributed by atoms with Crippen LogP contribution < -0.4 is 0 Å². The van der Waals surface area contributed by atoms with E-state index in [0.29, 0.717) is 38.7 Å². The summed E-state index contributed by atoms with van der Waals surface area (Å²) in [6.07, 6.45) is 0. The second kappa shape index (κ2) is 11.6. The lowest BCUT2D eigenvalue weighted by atomic mass is 9.96. The Morgan fingerprint density at radius 3 is 1.82 bits per heavy atom. The van der Waals surface area contributed by atoms with E-state index in [0.717, 1.165) is 37.6 Å². The van der Waals surface area contributed by atoms with Crippen LogP contribution in [0.2, 0.25) is 0 Å². The zero-order chi connectivity index (χ0) is 41.7. The van der Waals surface area contributed by atoms with Gasteiger partial charge in [0, 0.05) is 53.2 Å². The standard InChI is InChI=1S/C45H27N3OS/c1-4-12-28(13-5-1)33-24-37(29-14-6-2-7-15-29)42-38(25-33)36-23-21-32(27-41(36)50-42)45-47-43(30-16-8-3-9-17-30)46-44(48-45)31-20-22-35-34-18-10-11-19-39(34)49-40(35)26-31/h1-27H/i1D,2D,4D,5D,6D,7D,12D,13D,14D,15D. The molecule has 3 heterocycles. The highest BCUT2D eigenvalue weighted by Crippen LogP contribution is 2.44. The largest absolute Gasteiger partial charge is 0.456 e. The van der Waals surface area contributed by atoms with Gasteiger partial charge < -0.3 is 4.42 Å². The van der Waals surface area contributed by atoms with Gasteiger partial charge in [-0.15, -0.1) is 11.3 Å². The zero-order valence-corrected chi connectivity index (χ0v) is 26.8. The summed E-state index contributed by atoms with van der Waals surface area (Å²) >= 11 is 1.33. The highest BCUT2D eigenvalue weighted by atomic mass is 32.1. The smallest absolute Gasteiger partial charge is 0.164 e. The number of thiophene rings is 1. The first-order valence-electron chi connectivity index (χ1n) is 20.8. The summed E-state index contributed by atoms with van der Waals surface area (Å²) in [4.78, 5) is 14.8. The molecule has 0 saturated carbocycles. The van der Waals surface area contributed by atoms with Crippen molar-refractivity contribution in [2.75, 3.05) is 0 Å². The van der Waals surface area contributed by atoms with Crippen LogP contribution in [0.4, 0.5) is 0 Å². The topological polar surface area (TPSA) is 51.8 Å². The minimum Gasteiger partial charge on any atom is -0.456 e. The fourth-order valence-corrected chi connectivity index (χ4v) is 7.59. The van der Waals surface area contributed by atoms with E-state index in [1.54, 1.807) is 12.1 Å². The van der Waals surface area contributed by atoms with E-state index in [1.165, 1.54) is 11.3 Å². The summed E-state index contributed by atoms with van der Waals surface area (Å²) in [5, 5.41) is 3.31. The van der Waals surface area contributed by atoms with Crippen molar-refractivity contribution >= 4 is 53.4 Å². The molecule has 7 aromatic carbocycles. The van der Waals surface area contributed by atoms with E-state index < -0.39 is 60.4 Å². The maximum absolute atomic E-state index is 8.88. The van der Waals surface area contributed by atoms with E-state index in [4.69, 9.17) is 33.1 Å². The quantitative estimate of drug-likeness (QED) is 0.183. The predicted octanol–water partition coefficient (Wildman–Crippen LogP) is 12.5. The fourth-order valence-electron chi connectivity index (χ4n) is 6.34. The lowest BCUT2D eigenvalue weighted by molar-refractivity contribution is 0.669. The van der Waals surface area contributed by atoms with Gasteiger partial charge in [-0.2, -0.15) is 0 Å². The molecule has 0 aliphatic carbocycles. The third kappa shape index (κ3) is 4.87. The summed E-state index contributed by atoms with van der Waals surface area (Å²) in [5.74, 6) is 1.29. The van der Waals surface area contributed by atoms with E-state index in [-0.39, 0.29) is 22.3 Å². The molecule has 0 N–H and O–H groups in total. The summed E-state index contributed by atoms with van der Waals surface area (Å²) < 4.78 is 92.8. The van der Waals surface area contributed by atoms with Gasteiger partial charge in [-0.3, -0.25) is 0 Å². The molecular formula is C45H27N3OS. The molecule has 5 heteroatoms. The monoisotopic (exact) mass is 667 g/mol. The molecule has 0 unspecified atom stereocenters. The van der Waals surface area contributed by atoms with Gasteiger partial charge in [0.15, 0.2) is 17.5 Å². The minimum atomic E-state index is -0.545. The third-order valence-electron chi connectivity index (χ3n) is 8.69. The summed E-state index contributed by atoms with van der Waals surface area (Å²) in [6.45, 7) is 0. The van der Waals surface area contributed by atoms with Crippen molar-refractivity contribution in [1.29, 1.82) is 0 Å². The average molecular weight is 668 g/mol. The van der Waals surface area contributed by atoms with Crippen molar-refractivity contribution in [2.24, 2.45) is 0 Å². The van der Waals surface area contributed by atoms with Crippen LogP contribution >= 0.6 is 11.3 Å². The Hall–Kier alpha value is -6.43. The number of nitrogens with zero attached hydrogens (tertiary/aromatic N) is 3. The summed E-state index contributed by atoms with van der Waals surface area (Å²) in [6, 6.07) is 27.4. The van der Waals surface area contributed by atoms with Gasteiger partial charge >= 0.3 is 0 Å². The molecule has 0 bridgehead atoms. The molecule has 234 valence electrons.